The van der Waals surface area contributed by atoms with Gasteiger partial charge in [0.05, 0.1) is 17.7 Å². The van der Waals surface area contributed by atoms with E-state index in [1.807, 2.05) is 20.8 Å². The fourth-order valence-corrected chi connectivity index (χ4v) is 3.32. The summed E-state index contributed by atoms with van der Waals surface area (Å²) >= 11 is 0. The summed E-state index contributed by atoms with van der Waals surface area (Å²) in [7, 11) is -2.40. The van der Waals surface area contributed by atoms with E-state index in [4.69, 9.17) is 4.74 Å². The molecule has 0 saturated heterocycles. The molecular formula is C19H24N2O4S. The number of anilines is 1. The molecule has 0 spiro atoms. The molecule has 0 unspecified atom stereocenters. The van der Waals surface area contributed by atoms with Gasteiger partial charge in [0.25, 0.3) is 15.9 Å². The largest absolute Gasteiger partial charge is 0.495 e. The molecule has 0 atom stereocenters. The predicted molar refractivity (Wildman–Crippen MR) is 102 cm³/mol. The molecule has 26 heavy (non-hydrogen) atoms. The molecule has 0 bridgehead atoms. The molecule has 0 aliphatic rings. The Bertz CT molecular complexity index is 892. The summed E-state index contributed by atoms with van der Waals surface area (Å²) in [5, 5.41) is 2.89. The van der Waals surface area contributed by atoms with Crippen molar-refractivity contribution >= 4 is 21.6 Å². The number of carbonyl (C=O) groups is 1. The van der Waals surface area contributed by atoms with Crippen molar-refractivity contribution in [1.82, 2.24) is 5.32 Å². The molecular weight excluding hydrogens is 352 g/mol. The number of para-hydroxylation sites is 2. The Hall–Kier alpha value is -2.54. The standard InChI is InChI=1S/C19H24N2O4S/c1-5-19(2,3)20-18(22)14-9-8-10-15(13-14)26(23,24)21-16-11-6-7-12-17(16)25-4/h6-13,21H,5H2,1-4H3,(H,20,22). The molecule has 0 aliphatic heterocycles. The Morgan fingerprint density at radius 2 is 1.81 bits per heavy atom. The maximum absolute atomic E-state index is 12.7. The van der Waals surface area contributed by atoms with Crippen LogP contribution in [0.25, 0.3) is 0 Å². The van der Waals surface area contributed by atoms with Crippen LogP contribution in [-0.2, 0) is 10.0 Å². The molecule has 2 aromatic carbocycles. The normalized spacial score (nSPS) is 11.7. The average Bonchev–Trinajstić information content (AvgIpc) is 2.61. The van der Waals surface area contributed by atoms with E-state index in [0.29, 0.717) is 11.4 Å². The van der Waals surface area contributed by atoms with Crippen LogP contribution >= 0.6 is 0 Å². The fraction of sp³-hybridized carbons (Fsp3) is 0.316. The zero-order valence-corrected chi connectivity index (χ0v) is 16.2. The first-order chi connectivity index (χ1) is 12.2. The topological polar surface area (TPSA) is 84.5 Å². The number of amides is 1. The van der Waals surface area contributed by atoms with Crippen molar-refractivity contribution in [3.63, 3.8) is 0 Å². The number of ether oxygens (including phenoxy) is 1. The fourth-order valence-electron chi connectivity index (χ4n) is 2.21. The molecule has 2 rings (SSSR count). The van der Waals surface area contributed by atoms with Crippen LogP contribution in [0.4, 0.5) is 5.69 Å². The Labute approximate surface area is 154 Å². The van der Waals surface area contributed by atoms with Crippen LogP contribution in [0.2, 0.25) is 0 Å². The third kappa shape index (κ3) is 4.76. The number of benzene rings is 2. The third-order valence-electron chi connectivity index (χ3n) is 4.09. The maximum atomic E-state index is 12.7. The van der Waals surface area contributed by atoms with E-state index in [-0.39, 0.29) is 21.9 Å². The van der Waals surface area contributed by atoms with Gasteiger partial charge in [-0.2, -0.15) is 0 Å². The van der Waals surface area contributed by atoms with Crippen LogP contribution in [0, 0.1) is 0 Å². The zero-order chi connectivity index (χ0) is 19.4. The van der Waals surface area contributed by atoms with Gasteiger partial charge >= 0.3 is 0 Å². The second-order valence-corrected chi connectivity index (χ2v) is 8.21. The van der Waals surface area contributed by atoms with Crippen LogP contribution in [0.1, 0.15) is 37.6 Å². The summed E-state index contributed by atoms with van der Waals surface area (Å²) in [4.78, 5) is 12.4. The van der Waals surface area contributed by atoms with Crippen molar-refractivity contribution in [1.29, 1.82) is 0 Å². The first-order valence-electron chi connectivity index (χ1n) is 8.27. The monoisotopic (exact) mass is 376 g/mol. The number of hydrogen-bond acceptors (Lipinski definition) is 4. The van der Waals surface area contributed by atoms with Gasteiger partial charge in [0.1, 0.15) is 5.75 Å². The smallest absolute Gasteiger partial charge is 0.262 e. The van der Waals surface area contributed by atoms with E-state index in [9.17, 15) is 13.2 Å². The van der Waals surface area contributed by atoms with Crippen molar-refractivity contribution in [2.75, 3.05) is 11.8 Å². The van der Waals surface area contributed by atoms with Crippen molar-refractivity contribution in [2.24, 2.45) is 0 Å². The minimum atomic E-state index is -3.86. The number of nitrogens with one attached hydrogen (secondary N) is 2. The Morgan fingerprint density at radius 1 is 1.12 bits per heavy atom. The molecule has 0 fully saturated rings. The lowest BCUT2D eigenvalue weighted by molar-refractivity contribution is 0.0911. The van der Waals surface area contributed by atoms with Crippen LogP contribution in [0.5, 0.6) is 5.75 Å². The molecule has 0 heterocycles. The Kier molecular flexibility index (Phi) is 5.92. The summed E-state index contributed by atoms with van der Waals surface area (Å²) < 4.78 is 33.0. The van der Waals surface area contributed by atoms with Crippen molar-refractivity contribution in [2.45, 2.75) is 37.6 Å². The minimum absolute atomic E-state index is 0.00496. The predicted octanol–water partition coefficient (Wildman–Crippen LogP) is 3.41. The molecule has 140 valence electrons. The minimum Gasteiger partial charge on any atom is -0.495 e. The van der Waals surface area contributed by atoms with E-state index < -0.39 is 10.0 Å². The van der Waals surface area contributed by atoms with Gasteiger partial charge in [-0.3, -0.25) is 9.52 Å². The summed E-state index contributed by atoms with van der Waals surface area (Å²) in [6, 6.07) is 12.7. The highest BCUT2D eigenvalue weighted by atomic mass is 32.2. The average molecular weight is 376 g/mol. The summed E-state index contributed by atoms with van der Waals surface area (Å²) in [6.45, 7) is 5.79. The van der Waals surface area contributed by atoms with Gasteiger partial charge in [-0.25, -0.2) is 8.42 Å². The second-order valence-electron chi connectivity index (χ2n) is 6.53. The Morgan fingerprint density at radius 3 is 2.46 bits per heavy atom. The second kappa shape index (κ2) is 7.78. The van der Waals surface area contributed by atoms with Crippen LogP contribution in [0.3, 0.4) is 0 Å². The maximum Gasteiger partial charge on any atom is 0.262 e. The lowest BCUT2D eigenvalue weighted by atomic mass is 10.0. The molecule has 0 aliphatic carbocycles. The number of rotatable bonds is 7. The lowest BCUT2D eigenvalue weighted by Gasteiger charge is -2.24. The first kappa shape index (κ1) is 19.8. The number of sulfonamides is 1. The van der Waals surface area contributed by atoms with Crippen molar-refractivity contribution in [3.8, 4) is 5.75 Å². The van der Waals surface area contributed by atoms with E-state index >= 15 is 0 Å². The van der Waals surface area contributed by atoms with Crippen LogP contribution in [-0.4, -0.2) is 27.0 Å². The molecule has 0 saturated carbocycles. The molecule has 6 nitrogen and oxygen atoms in total. The van der Waals surface area contributed by atoms with E-state index in [1.54, 1.807) is 36.4 Å². The number of hydrogen-bond donors (Lipinski definition) is 2. The van der Waals surface area contributed by atoms with Crippen LogP contribution < -0.4 is 14.8 Å². The summed E-state index contributed by atoms with van der Waals surface area (Å²) in [5.41, 5.74) is 0.244. The van der Waals surface area contributed by atoms with Gasteiger partial charge in [-0.1, -0.05) is 25.1 Å². The Balaban J connectivity index is 2.29. The molecule has 2 aromatic rings. The van der Waals surface area contributed by atoms with E-state index in [2.05, 4.69) is 10.0 Å². The molecule has 2 N–H and O–H groups in total. The van der Waals surface area contributed by atoms with Gasteiger partial charge in [0.2, 0.25) is 0 Å². The zero-order valence-electron chi connectivity index (χ0n) is 15.4. The molecule has 0 aromatic heterocycles. The van der Waals surface area contributed by atoms with E-state index in [1.165, 1.54) is 19.2 Å². The molecule has 0 radical (unpaired) electrons. The molecule has 7 heteroatoms. The number of methoxy groups -OCH3 is 1. The van der Waals surface area contributed by atoms with Crippen molar-refractivity contribution < 1.29 is 17.9 Å². The van der Waals surface area contributed by atoms with Gasteiger partial charge < -0.3 is 10.1 Å². The van der Waals surface area contributed by atoms with E-state index in [0.717, 1.165) is 6.42 Å². The van der Waals surface area contributed by atoms with Gasteiger partial charge in [0.15, 0.2) is 0 Å². The summed E-state index contributed by atoms with van der Waals surface area (Å²) in [6.07, 6.45) is 0.756. The highest BCUT2D eigenvalue weighted by Gasteiger charge is 2.21. The van der Waals surface area contributed by atoms with Gasteiger partial charge in [0, 0.05) is 11.1 Å². The quantitative estimate of drug-likeness (QED) is 0.775. The first-order valence-corrected chi connectivity index (χ1v) is 9.75. The van der Waals surface area contributed by atoms with Gasteiger partial charge in [-0.05, 0) is 50.6 Å². The highest BCUT2D eigenvalue weighted by Crippen LogP contribution is 2.26. The number of carbonyl (C=O) groups excluding carboxylic acids is 1. The summed E-state index contributed by atoms with van der Waals surface area (Å²) in [5.74, 6) is 0.0980. The molecule has 1 amide bonds. The lowest BCUT2D eigenvalue weighted by Crippen LogP contribution is -2.42. The van der Waals surface area contributed by atoms with Gasteiger partial charge in [-0.15, -0.1) is 0 Å². The van der Waals surface area contributed by atoms with Crippen molar-refractivity contribution in [3.05, 3.63) is 54.1 Å². The highest BCUT2D eigenvalue weighted by molar-refractivity contribution is 7.92. The SMILES string of the molecule is CCC(C)(C)NC(=O)c1cccc(S(=O)(=O)Nc2ccccc2OC)c1. The van der Waals surface area contributed by atoms with Crippen LogP contribution in [0.15, 0.2) is 53.4 Å². The third-order valence-corrected chi connectivity index (χ3v) is 5.46.